The molecule has 2 amide bonds. The van der Waals surface area contributed by atoms with Gasteiger partial charge >= 0.3 is 12.1 Å². The number of carbonyl (C=O) groups excluding carboxylic acids is 2. The predicted octanol–water partition coefficient (Wildman–Crippen LogP) is 1.95. The summed E-state index contributed by atoms with van der Waals surface area (Å²) in [5.41, 5.74) is -0.805. The van der Waals surface area contributed by atoms with Crippen LogP contribution in [0.3, 0.4) is 0 Å². The van der Waals surface area contributed by atoms with E-state index in [0.717, 1.165) is 0 Å². The molecule has 112 valence electrons. The Morgan fingerprint density at radius 2 is 1.53 bits per heavy atom. The summed E-state index contributed by atoms with van der Waals surface area (Å²) in [6, 6.07) is -1.21. The maximum absolute atomic E-state index is 12.3. The number of carbonyl (C=O) groups is 2. The minimum absolute atomic E-state index is 0.379. The van der Waals surface area contributed by atoms with E-state index in [-0.39, 0.29) is 0 Å². The molecular weight excluding hydrogens is 261 g/mol. The molecule has 0 aliphatic heterocycles. The zero-order valence-electron chi connectivity index (χ0n) is 11.9. The molecule has 0 fully saturated rings. The van der Waals surface area contributed by atoms with Crippen LogP contribution in [-0.4, -0.2) is 42.0 Å². The van der Waals surface area contributed by atoms with E-state index in [1.165, 1.54) is 4.90 Å². The van der Waals surface area contributed by atoms with Crippen LogP contribution in [0.1, 0.15) is 34.6 Å². The van der Waals surface area contributed by atoms with Crippen LogP contribution >= 0.6 is 0 Å². The summed E-state index contributed by atoms with van der Waals surface area (Å²) >= 11 is 0. The van der Waals surface area contributed by atoms with Crippen molar-refractivity contribution in [2.24, 2.45) is 5.41 Å². The highest BCUT2D eigenvalue weighted by Gasteiger charge is 2.44. The first kappa shape index (κ1) is 17.7. The van der Waals surface area contributed by atoms with Crippen molar-refractivity contribution in [3.63, 3.8) is 0 Å². The van der Waals surface area contributed by atoms with Crippen LogP contribution in [0.5, 0.6) is 0 Å². The first-order chi connectivity index (χ1) is 8.45. The highest BCUT2D eigenvalue weighted by Crippen LogP contribution is 2.23. The van der Waals surface area contributed by atoms with Gasteiger partial charge in [0.2, 0.25) is 5.91 Å². The van der Waals surface area contributed by atoms with E-state index in [1.807, 2.05) is 0 Å². The molecule has 0 rings (SSSR count). The van der Waals surface area contributed by atoms with Crippen LogP contribution in [0.15, 0.2) is 0 Å². The Morgan fingerprint density at radius 1 is 1.11 bits per heavy atom. The summed E-state index contributed by atoms with van der Waals surface area (Å²) in [6.45, 7) is 9.04. The lowest BCUT2D eigenvalue weighted by Gasteiger charge is -2.34. The molecule has 0 aliphatic rings. The largest absolute Gasteiger partial charge is 0.471 e. The average molecular weight is 282 g/mol. The van der Waals surface area contributed by atoms with Crippen molar-refractivity contribution in [1.82, 2.24) is 10.2 Å². The van der Waals surface area contributed by atoms with Gasteiger partial charge in [-0.05, 0) is 19.3 Å². The van der Waals surface area contributed by atoms with Gasteiger partial charge in [0.15, 0.2) is 0 Å². The SMILES string of the molecule is CCN(CC)C(=O)[C@@H](NC(=O)C(F)(F)F)C(C)(C)C. The third kappa shape index (κ3) is 5.08. The summed E-state index contributed by atoms with van der Waals surface area (Å²) in [5.74, 6) is -2.59. The molecule has 0 aliphatic carbocycles. The summed E-state index contributed by atoms with van der Waals surface area (Å²) in [4.78, 5) is 24.6. The Hall–Kier alpha value is -1.27. The molecule has 0 spiro atoms. The van der Waals surface area contributed by atoms with Crippen molar-refractivity contribution >= 4 is 11.8 Å². The third-order valence-corrected chi connectivity index (χ3v) is 2.72. The quantitative estimate of drug-likeness (QED) is 0.856. The zero-order chi connectivity index (χ0) is 15.4. The molecule has 7 heteroatoms. The molecule has 4 nitrogen and oxygen atoms in total. The standard InChI is InChI=1S/C12H21F3N2O2/c1-6-17(7-2)9(18)8(11(3,4)5)16-10(19)12(13,14)15/h8H,6-7H2,1-5H3,(H,16,19)/t8-/m1/s1. The summed E-state index contributed by atoms with van der Waals surface area (Å²) in [5, 5.41) is 1.79. The third-order valence-electron chi connectivity index (χ3n) is 2.72. The second-order valence-corrected chi connectivity index (χ2v) is 5.28. The number of amides is 2. The number of nitrogens with zero attached hydrogens (tertiary/aromatic N) is 1. The molecule has 0 aromatic carbocycles. The maximum atomic E-state index is 12.3. The molecule has 0 radical (unpaired) electrons. The van der Waals surface area contributed by atoms with Crippen LogP contribution in [0, 0.1) is 5.41 Å². The van der Waals surface area contributed by atoms with Crippen molar-refractivity contribution in [2.45, 2.75) is 46.8 Å². The van der Waals surface area contributed by atoms with E-state index in [0.29, 0.717) is 13.1 Å². The molecule has 19 heavy (non-hydrogen) atoms. The summed E-state index contributed by atoms with van der Waals surface area (Å²) in [7, 11) is 0. The van der Waals surface area contributed by atoms with Crippen LogP contribution in [-0.2, 0) is 9.59 Å². The number of hydrogen-bond donors (Lipinski definition) is 1. The molecule has 0 heterocycles. The average Bonchev–Trinajstić information content (AvgIpc) is 2.23. The van der Waals surface area contributed by atoms with Gasteiger partial charge in [0.25, 0.3) is 0 Å². The number of rotatable bonds is 4. The molecule has 0 aromatic rings. The normalized spacial score (nSPS) is 13.9. The van der Waals surface area contributed by atoms with Gasteiger partial charge in [0, 0.05) is 13.1 Å². The van der Waals surface area contributed by atoms with E-state index in [1.54, 1.807) is 39.9 Å². The fourth-order valence-corrected chi connectivity index (χ4v) is 1.58. The van der Waals surface area contributed by atoms with E-state index < -0.39 is 29.4 Å². The van der Waals surface area contributed by atoms with Crippen molar-refractivity contribution in [3.05, 3.63) is 0 Å². The second kappa shape index (κ2) is 6.25. The first-order valence-electron chi connectivity index (χ1n) is 6.11. The smallest absolute Gasteiger partial charge is 0.341 e. The molecule has 0 aromatic heterocycles. The van der Waals surface area contributed by atoms with Gasteiger partial charge in [-0.2, -0.15) is 13.2 Å². The lowest BCUT2D eigenvalue weighted by Crippen LogP contribution is -2.57. The van der Waals surface area contributed by atoms with E-state index >= 15 is 0 Å². The Labute approximate surface area is 111 Å². The number of halogens is 3. The van der Waals surface area contributed by atoms with Gasteiger partial charge in [0.1, 0.15) is 6.04 Å². The molecule has 1 N–H and O–H groups in total. The maximum Gasteiger partial charge on any atom is 0.471 e. The topological polar surface area (TPSA) is 49.4 Å². The van der Waals surface area contributed by atoms with E-state index in [9.17, 15) is 22.8 Å². The lowest BCUT2D eigenvalue weighted by atomic mass is 9.85. The van der Waals surface area contributed by atoms with Crippen LogP contribution in [0.4, 0.5) is 13.2 Å². The molecular formula is C12H21F3N2O2. The number of likely N-dealkylation sites (N-methyl/N-ethyl adjacent to an activating group) is 1. The second-order valence-electron chi connectivity index (χ2n) is 5.28. The highest BCUT2D eigenvalue weighted by atomic mass is 19.4. The minimum Gasteiger partial charge on any atom is -0.341 e. The fourth-order valence-electron chi connectivity index (χ4n) is 1.58. The van der Waals surface area contributed by atoms with Gasteiger partial charge in [-0.25, -0.2) is 0 Å². The van der Waals surface area contributed by atoms with Crippen LogP contribution < -0.4 is 5.32 Å². The Morgan fingerprint density at radius 3 is 1.79 bits per heavy atom. The molecule has 0 saturated carbocycles. The molecule has 0 bridgehead atoms. The summed E-state index contributed by atoms with van der Waals surface area (Å²) < 4.78 is 36.9. The Kier molecular flexibility index (Phi) is 5.83. The zero-order valence-corrected chi connectivity index (χ0v) is 11.9. The monoisotopic (exact) mass is 282 g/mol. The fraction of sp³-hybridized carbons (Fsp3) is 0.833. The number of alkyl halides is 3. The Bertz CT molecular complexity index is 331. The van der Waals surface area contributed by atoms with Crippen molar-refractivity contribution in [1.29, 1.82) is 0 Å². The van der Waals surface area contributed by atoms with Crippen LogP contribution in [0.25, 0.3) is 0 Å². The predicted molar refractivity (Wildman–Crippen MR) is 65.4 cm³/mol. The summed E-state index contributed by atoms with van der Waals surface area (Å²) in [6.07, 6.45) is -4.99. The minimum atomic E-state index is -4.99. The number of nitrogens with one attached hydrogen (secondary N) is 1. The van der Waals surface area contributed by atoms with Gasteiger partial charge in [0.05, 0.1) is 0 Å². The van der Waals surface area contributed by atoms with E-state index in [2.05, 4.69) is 0 Å². The van der Waals surface area contributed by atoms with Gasteiger partial charge < -0.3 is 10.2 Å². The lowest BCUT2D eigenvalue weighted by molar-refractivity contribution is -0.176. The highest BCUT2D eigenvalue weighted by molar-refractivity contribution is 5.90. The first-order valence-corrected chi connectivity index (χ1v) is 6.11. The van der Waals surface area contributed by atoms with Crippen molar-refractivity contribution in [2.75, 3.05) is 13.1 Å². The van der Waals surface area contributed by atoms with Gasteiger partial charge in [-0.1, -0.05) is 20.8 Å². The molecule has 1 atom stereocenters. The van der Waals surface area contributed by atoms with Gasteiger partial charge in [-0.3, -0.25) is 9.59 Å². The number of hydrogen-bond acceptors (Lipinski definition) is 2. The van der Waals surface area contributed by atoms with Crippen molar-refractivity contribution < 1.29 is 22.8 Å². The van der Waals surface area contributed by atoms with E-state index in [4.69, 9.17) is 0 Å². The van der Waals surface area contributed by atoms with Crippen LogP contribution in [0.2, 0.25) is 0 Å². The van der Waals surface area contributed by atoms with Gasteiger partial charge in [-0.15, -0.1) is 0 Å². The van der Waals surface area contributed by atoms with Crippen molar-refractivity contribution in [3.8, 4) is 0 Å². The molecule has 0 unspecified atom stereocenters. The Balaban J connectivity index is 5.15. The molecule has 0 saturated heterocycles.